The predicted octanol–water partition coefficient (Wildman–Crippen LogP) is 36.5. The van der Waals surface area contributed by atoms with Crippen LogP contribution in [0.1, 0.15) is 0 Å². The summed E-state index contributed by atoms with van der Waals surface area (Å²) < 4.78 is 17.6. The Kier molecular flexibility index (Phi) is 20.1. The van der Waals surface area contributed by atoms with Gasteiger partial charge in [-0.05, 0) is 162 Å². The first-order valence-electron chi connectivity index (χ1n) is 48.3. The van der Waals surface area contributed by atoms with E-state index in [1.807, 2.05) is 108 Å². The van der Waals surface area contributed by atoms with Crippen molar-refractivity contribution in [2.24, 2.45) is 0 Å². The molecule has 31 aromatic rings. The summed E-state index contributed by atoms with van der Waals surface area (Å²) in [5, 5.41) is 26.3. The number of rotatable bonds is 8. The van der Waals surface area contributed by atoms with Crippen molar-refractivity contribution in [3.63, 3.8) is 0 Å². The monoisotopic (exact) mass is 1870 g/mol. The van der Waals surface area contributed by atoms with Crippen molar-refractivity contribution >= 4 is 226 Å². The van der Waals surface area contributed by atoms with Gasteiger partial charge in [0.25, 0.3) is 0 Å². The summed E-state index contributed by atoms with van der Waals surface area (Å²) >= 11 is 3.71. The summed E-state index contributed by atoms with van der Waals surface area (Å²) in [6, 6.07) is 165. The highest BCUT2D eigenvalue weighted by molar-refractivity contribution is 7.26. The highest BCUT2D eigenvalue weighted by Gasteiger charge is 2.25. The van der Waals surface area contributed by atoms with Crippen LogP contribution >= 0.6 is 22.7 Å². The molecule has 8 heterocycles. The largest absolute Gasteiger partial charge is 0.456 e. The molecule has 0 aliphatic carbocycles. The molecule has 0 fully saturated rings. The smallest absolute Gasteiger partial charge is 0.136 e. The second kappa shape index (κ2) is 34.7. The Morgan fingerprint density at radius 1 is 0.139 bits per heavy atom. The molecule has 23 aromatic carbocycles. The zero-order valence-electron chi connectivity index (χ0n) is 77.2. The average molecular weight is 1870 g/mol. The lowest BCUT2D eigenvalue weighted by atomic mass is 9.97. The molecule has 12 heteroatoms. The molecule has 0 N–H and O–H groups in total. The quantitative estimate of drug-likeness (QED) is 0.136. The van der Waals surface area contributed by atoms with Crippen molar-refractivity contribution in [3.8, 4) is 90.1 Å². The maximum atomic E-state index is 6.17. The Bertz CT molecular complexity index is 10300. The molecule has 31 rings (SSSR count). The van der Waals surface area contributed by atoms with E-state index in [9.17, 15) is 0 Å². The van der Waals surface area contributed by atoms with E-state index in [0.717, 1.165) is 210 Å². The van der Waals surface area contributed by atoms with Crippen LogP contribution in [-0.2, 0) is 0 Å². The molecule has 670 valence electrons. The topological polar surface area (TPSA) is 129 Å². The fourth-order valence-electron chi connectivity index (χ4n) is 21.1. The minimum Gasteiger partial charge on any atom is -0.456 e. The summed E-state index contributed by atoms with van der Waals surface area (Å²) in [5.41, 5.74) is 26.5. The van der Waals surface area contributed by atoms with Gasteiger partial charge in [-0.2, -0.15) is 0 Å². The molecule has 0 aliphatic rings. The number of thiophene rings is 2. The van der Waals surface area contributed by atoms with E-state index in [1.165, 1.54) is 83.4 Å². The third kappa shape index (κ3) is 14.5. The molecule has 144 heavy (non-hydrogen) atoms. The SMILES string of the molecule is c1ccc(-c2nc3c(ccc4ccccc43)nc2-c2ccc3ccc4oc5ccccc5c4c3c2)cc1.c1ccc(-c2nc3c(ccc4ccccc43)nc2-c2ccc3ccc4sc5ccccc5c4c3c2)cc1.c1ccc(-c2nc3ccc4ccccc4c3nc2-c2ccc3ccc4sc5ccccc5c4c3c2)cc1.c1ccc(-c2nc3ccccc3nc2-c2ccc3ccc4oc5ccccc5c4c3c2)cc1. The summed E-state index contributed by atoms with van der Waals surface area (Å²) in [4.78, 5) is 41.6. The minimum atomic E-state index is 0.876. The van der Waals surface area contributed by atoms with E-state index in [-0.39, 0.29) is 0 Å². The summed E-state index contributed by atoms with van der Waals surface area (Å²) in [5.74, 6) is 0. The molecule has 0 radical (unpaired) electrons. The van der Waals surface area contributed by atoms with Crippen LogP contribution in [0.25, 0.3) is 294 Å². The van der Waals surface area contributed by atoms with Gasteiger partial charge in [-0.25, -0.2) is 39.9 Å². The van der Waals surface area contributed by atoms with Crippen LogP contribution in [0.5, 0.6) is 0 Å². The van der Waals surface area contributed by atoms with Gasteiger partial charge in [-0.3, -0.25) is 0 Å². The first-order valence-corrected chi connectivity index (χ1v) is 49.9. The number of furan rings is 2. The molecule has 0 saturated heterocycles. The summed E-state index contributed by atoms with van der Waals surface area (Å²) in [6.07, 6.45) is 0. The molecule has 0 aliphatic heterocycles. The van der Waals surface area contributed by atoms with Gasteiger partial charge < -0.3 is 8.83 Å². The molecular formula is C132H78N8O2S2. The molecule has 0 bridgehead atoms. The Morgan fingerprint density at radius 3 is 0.736 bits per heavy atom. The van der Waals surface area contributed by atoms with E-state index < -0.39 is 0 Å². The third-order valence-corrected chi connectivity index (χ3v) is 30.2. The molecule has 8 aromatic heterocycles. The standard InChI is InChI=1S/C34H20N2O.2C34H20N2S.C30H18N2O/c2*1-2-9-23(10-3-1)32-33(35-28-18-16-21-8-4-5-11-25(21)34(28)36-32)24-15-14-22-17-19-30-31(27(22)20-24)26-12-6-7-13-29(26)37-30;1-2-9-23(10-3-1)32-33(36-34-25-11-5-4-8-21(25)16-18-28(34)35-32)24-15-14-22-17-19-30-31(27(22)20-24)26-12-6-7-13-29(26)37-30;1-2-8-20(9-3-1)29-30(32-25-12-6-5-11-24(25)31-29)21-15-14-19-16-17-27-28(23(19)18-21)22-10-4-7-13-26(22)33-27/h3*1-20H;1-18H. The van der Waals surface area contributed by atoms with Crippen LogP contribution in [-0.4, -0.2) is 39.9 Å². The molecule has 0 spiro atoms. The van der Waals surface area contributed by atoms with Gasteiger partial charge in [0.15, 0.2) is 0 Å². The number of hydrogen-bond acceptors (Lipinski definition) is 12. The van der Waals surface area contributed by atoms with Gasteiger partial charge >= 0.3 is 0 Å². The number of nitrogens with zero attached hydrogens (tertiary/aromatic N) is 8. The van der Waals surface area contributed by atoms with Gasteiger partial charge in [0.2, 0.25) is 0 Å². The van der Waals surface area contributed by atoms with Crippen molar-refractivity contribution in [1.29, 1.82) is 0 Å². The van der Waals surface area contributed by atoms with Crippen molar-refractivity contribution in [1.82, 2.24) is 39.9 Å². The Morgan fingerprint density at radius 2 is 0.382 bits per heavy atom. The highest BCUT2D eigenvalue weighted by Crippen LogP contribution is 2.48. The summed E-state index contributed by atoms with van der Waals surface area (Å²) in [6.45, 7) is 0. The average Bonchev–Trinajstić information content (AvgIpc) is 1.49. The fourth-order valence-corrected chi connectivity index (χ4v) is 23.4. The first-order chi connectivity index (χ1) is 71.3. The Balaban J connectivity index is 0.0000000935. The fraction of sp³-hybridized carbons (Fsp3) is 0. The normalized spacial score (nSPS) is 11.8. The van der Waals surface area contributed by atoms with Crippen molar-refractivity contribution in [2.75, 3.05) is 0 Å². The first kappa shape index (κ1) is 83.4. The van der Waals surface area contributed by atoms with Crippen molar-refractivity contribution in [3.05, 3.63) is 473 Å². The maximum Gasteiger partial charge on any atom is 0.136 e. The van der Waals surface area contributed by atoms with E-state index >= 15 is 0 Å². The maximum absolute atomic E-state index is 6.17. The lowest BCUT2D eigenvalue weighted by Crippen LogP contribution is -1.96. The molecule has 0 atom stereocenters. The van der Waals surface area contributed by atoms with Gasteiger partial charge in [-0.1, -0.05) is 370 Å². The summed E-state index contributed by atoms with van der Waals surface area (Å²) in [7, 11) is 0. The number of hydrogen-bond donors (Lipinski definition) is 0. The zero-order valence-corrected chi connectivity index (χ0v) is 78.9. The Hall–Kier alpha value is -18.7. The van der Waals surface area contributed by atoms with Crippen LogP contribution in [0.2, 0.25) is 0 Å². The second-order valence-electron chi connectivity index (χ2n) is 36.5. The Labute approximate surface area is 832 Å². The lowest BCUT2D eigenvalue weighted by Gasteiger charge is -2.13. The molecular weight excluding hydrogens is 1790 g/mol. The molecule has 0 amide bonds. The number of para-hydroxylation sites is 4. The van der Waals surface area contributed by atoms with E-state index in [2.05, 4.69) is 388 Å². The van der Waals surface area contributed by atoms with Crippen molar-refractivity contribution < 1.29 is 8.83 Å². The molecule has 10 nitrogen and oxygen atoms in total. The lowest BCUT2D eigenvalue weighted by molar-refractivity contribution is 0.669. The second-order valence-corrected chi connectivity index (χ2v) is 38.7. The van der Waals surface area contributed by atoms with E-state index in [4.69, 9.17) is 48.7 Å². The van der Waals surface area contributed by atoms with Crippen LogP contribution in [0.15, 0.2) is 482 Å². The number of aromatic nitrogens is 8. The zero-order chi connectivity index (χ0) is 94.8. The number of benzene rings is 23. The molecule has 0 saturated carbocycles. The third-order valence-electron chi connectivity index (χ3n) is 28.0. The number of fused-ring (bicyclic) bond motifs is 30. The van der Waals surface area contributed by atoms with Gasteiger partial charge in [0.05, 0.1) is 89.7 Å². The minimum absolute atomic E-state index is 0.876. The van der Waals surface area contributed by atoms with Crippen LogP contribution in [0.4, 0.5) is 0 Å². The van der Waals surface area contributed by atoms with Crippen LogP contribution < -0.4 is 0 Å². The van der Waals surface area contributed by atoms with Gasteiger partial charge in [0.1, 0.15) is 22.3 Å². The van der Waals surface area contributed by atoms with E-state index in [1.54, 1.807) is 0 Å². The van der Waals surface area contributed by atoms with Crippen LogP contribution in [0, 0.1) is 0 Å². The highest BCUT2D eigenvalue weighted by atomic mass is 32.1. The van der Waals surface area contributed by atoms with Gasteiger partial charge in [-0.15, -0.1) is 22.7 Å². The van der Waals surface area contributed by atoms with Crippen molar-refractivity contribution in [2.45, 2.75) is 0 Å². The van der Waals surface area contributed by atoms with E-state index in [0.29, 0.717) is 0 Å². The van der Waals surface area contributed by atoms with Crippen LogP contribution in [0.3, 0.4) is 0 Å². The van der Waals surface area contributed by atoms with Gasteiger partial charge in [0, 0.05) is 123 Å². The molecule has 0 unspecified atom stereocenters. The predicted molar refractivity (Wildman–Crippen MR) is 605 cm³/mol.